The lowest BCUT2D eigenvalue weighted by Crippen LogP contribution is -2.59. The van der Waals surface area contributed by atoms with Crippen molar-refractivity contribution < 1.29 is 45.3 Å². The Kier molecular flexibility index (Phi) is 4.37. The van der Waals surface area contributed by atoms with Crippen molar-refractivity contribution in [3.05, 3.63) is 28.3 Å². The van der Waals surface area contributed by atoms with E-state index < -0.39 is 64.7 Å². The summed E-state index contributed by atoms with van der Waals surface area (Å²) in [5, 5.41) is 76.6. The second-order valence-corrected chi connectivity index (χ2v) is 9.00. The van der Waals surface area contributed by atoms with Crippen molar-refractivity contribution in [2.75, 3.05) is 6.54 Å². The van der Waals surface area contributed by atoms with Gasteiger partial charge < -0.3 is 41.1 Å². The molecule has 4 atom stereocenters. The van der Waals surface area contributed by atoms with E-state index >= 15 is 0 Å². The second kappa shape index (κ2) is 6.63. The average Bonchev–Trinajstić information content (AvgIpc) is 3.56. The van der Waals surface area contributed by atoms with Gasteiger partial charge in [0.2, 0.25) is 0 Å². The molecule has 32 heavy (non-hydrogen) atoms. The van der Waals surface area contributed by atoms with Crippen LogP contribution in [0.2, 0.25) is 0 Å². The topological polar surface area (TPSA) is 198 Å². The lowest BCUT2D eigenvalue weighted by atomic mass is 9.58. The van der Waals surface area contributed by atoms with Crippen LogP contribution in [0.1, 0.15) is 46.3 Å². The first-order valence-corrected chi connectivity index (χ1v) is 10.3. The normalized spacial score (nSPS) is 31.5. The third-order valence-electron chi connectivity index (χ3n) is 7.28. The largest absolute Gasteiger partial charge is 0.507 e. The van der Waals surface area contributed by atoms with Gasteiger partial charge in [0.15, 0.2) is 17.2 Å². The van der Waals surface area contributed by atoms with Crippen LogP contribution in [0.5, 0.6) is 17.2 Å². The number of carbonyl (C=O) groups excluding carboxylic acids is 2. The molecule has 2 aromatic carbocycles. The molecular formula is C22H23NO9. The van der Waals surface area contributed by atoms with Gasteiger partial charge in [-0.3, -0.25) is 9.59 Å². The predicted octanol–water partition coefficient (Wildman–Crippen LogP) is -0.603. The smallest absolute Gasteiger partial charge is 0.172 e. The Morgan fingerprint density at radius 3 is 2.28 bits per heavy atom. The summed E-state index contributed by atoms with van der Waals surface area (Å²) in [7, 11) is 0. The van der Waals surface area contributed by atoms with Crippen LogP contribution >= 0.6 is 0 Å². The van der Waals surface area contributed by atoms with Gasteiger partial charge in [0.1, 0.15) is 17.2 Å². The fourth-order valence-electron chi connectivity index (χ4n) is 5.60. The van der Waals surface area contributed by atoms with E-state index in [1.54, 1.807) is 0 Å². The average molecular weight is 445 g/mol. The molecule has 0 spiro atoms. The summed E-state index contributed by atoms with van der Waals surface area (Å²) in [6, 6.07) is 0.766. The lowest BCUT2D eigenvalue weighted by Gasteiger charge is -2.49. The standard InChI is InChI=1S/C22H23NO9/c24-6-10-9-2-12(26)11(7-25)19(29)16(9)20(30)17-13(27)1-8-3-21(31,14-5-23-14)4-15(28)22(8,32)18(10)17/h2,8,14,23-26,29-32H,1,3-7H2. The highest BCUT2D eigenvalue weighted by molar-refractivity contribution is 6.13. The van der Waals surface area contributed by atoms with Gasteiger partial charge in [-0.1, -0.05) is 0 Å². The fraction of sp³-hybridized carbons (Fsp3) is 0.455. The van der Waals surface area contributed by atoms with E-state index in [0.717, 1.165) is 6.07 Å². The molecule has 10 nitrogen and oxygen atoms in total. The molecule has 4 unspecified atom stereocenters. The molecule has 2 fully saturated rings. The number of carbonyl (C=O) groups is 2. The number of ketones is 2. The van der Waals surface area contributed by atoms with Crippen LogP contribution in [0.4, 0.5) is 0 Å². The number of hydrogen-bond acceptors (Lipinski definition) is 10. The summed E-state index contributed by atoms with van der Waals surface area (Å²) in [4.78, 5) is 26.4. The molecule has 10 heteroatoms. The molecule has 1 heterocycles. The van der Waals surface area contributed by atoms with E-state index in [1.165, 1.54) is 0 Å². The number of phenols is 3. The van der Waals surface area contributed by atoms with Gasteiger partial charge in [-0.25, -0.2) is 0 Å². The zero-order valence-corrected chi connectivity index (χ0v) is 16.9. The molecular weight excluding hydrogens is 422 g/mol. The minimum Gasteiger partial charge on any atom is -0.507 e. The van der Waals surface area contributed by atoms with Gasteiger partial charge >= 0.3 is 0 Å². The number of Topliss-reactive ketones (excluding diaryl/α,β-unsaturated/α-hetero) is 2. The number of aliphatic hydroxyl groups is 4. The molecule has 0 radical (unpaired) electrons. The molecule has 2 aliphatic carbocycles. The number of phenolic OH excluding ortho intramolecular Hbond substituents is 1. The molecule has 170 valence electrons. The van der Waals surface area contributed by atoms with Gasteiger partial charge in [0, 0.05) is 36.9 Å². The van der Waals surface area contributed by atoms with Crippen molar-refractivity contribution in [2.24, 2.45) is 5.92 Å². The van der Waals surface area contributed by atoms with Gasteiger partial charge in [0.25, 0.3) is 0 Å². The zero-order chi connectivity index (χ0) is 23.2. The summed E-state index contributed by atoms with van der Waals surface area (Å²) < 4.78 is 0. The number of rotatable bonds is 3. The molecule has 1 saturated heterocycles. The molecule has 0 amide bonds. The maximum Gasteiger partial charge on any atom is 0.172 e. The number of aromatic hydroxyl groups is 3. The van der Waals surface area contributed by atoms with Crippen molar-refractivity contribution in [3.8, 4) is 17.2 Å². The van der Waals surface area contributed by atoms with Crippen LogP contribution in [0.15, 0.2) is 6.07 Å². The Hall–Kier alpha value is -2.76. The molecule has 8 N–H and O–H groups in total. The maximum absolute atomic E-state index is 13.3. The maximum atomic E-state index is 13.3. The van der Waals surface area contributed by atoms with Crippen LogP contribution in [0, 0.1) is 5.92 Å². The first-order chi connectivity index (χ1) is 15.1. The van der Waals surface area contributed by atoms with E-state index in [0.29, 0.717) is 6.54 Å². The van der Waals surface area contributed by atoms with Gasteiger partial charge in [-0.15, -0.1) is 0 Å². The quantitative estimate of drug-likeness (QED) is 0.282. The molecule has 1 saturated carbocycles. The highest BCUT2D eigenvalue weighted by Crippen LogP contribution is 2.56. The van der Waals surface area contributed by atoms with E-state index in [-0.39, 0.29) is 52.8 Å². The van der Waals surface area contributed by atoms with E-state index in [9.17, 15) is 45.3 Å². The molecule has 2 aromatic rings. The van der Waals surface area contributed by atoms with Gasteiger partial charge in [-0.2, -0.15) is 0 Å². The zero-order valence-electron chi connectivity index (χ0n) is 16.9. The molecule has 3 aliphatic rings. The van der Waals surface area contributed by atoms with Crippen LogP contribution < -0.4 is 5.32 Å². The Labute approximate surface area is 181 Å². The molecule has 0 aromatic heterocycles. The Morgan fingerprint density at radius 1 is 1.03 bits per heavy atom. The first kappa shape index (κ1) is 21.1. The number of nitrogens with one attached hydrogen (secondary N) is 1. The molecule has 5 rings (SSSR count). The summed E-state index contributed by atoms with van der Waals surface area (Å²) in [5.74, 6) is -4.27. The van der Waals surface area contributed by atoms with Crippen LogP contribution in [-0.2, 0) is 23.6 Å². The van der Waals surface area contributed by atoms with Crippen LogP contribution in [0.3, 0.4) is 0 Å². The van der Waals surface area contributed by atoms with Crippen molar-refractivity contribution in [3.63, 3.8) is 0 Å². The highest BCUT2D eigenvalue weighted by Gasteiger charge is 2.62. The Balaban J connectivity index is 1.84. The molecule has 1 aliphatic heterocycles. The number of aliphatic hydroxyl groups excluding tert-OH is 2. The van der Waals surface area contributed by atoms with Crippen molar-refractivity contribution in [1.29, 1.82) is 0 Å². The van der Waals surface area contributed by atoms with Crippen molar-refractivity contribution in [2.45, 2.75) is 49.7 Å². The van der Waals surface area contributed by atoms with E-state index in [2.05, 4.69) is 5.32 Å². The van der Waals surface area contributed by atoms with Crippen molar-refractivity contribution in [1.82, 2.24) is 5.32 Å². The molecule has 0 bridgehead atoms. The Bertz CT molecular complexity index is 1200. The van der Waals surface area contributed by atoms with E-state index in [1.807, 2.05) is 0 Å². The highest BCUT2D eigenvalue weighted by atomic mass is 16.3. The SMILES string of the molecule is O=C1CC2CC(O)(C3CN3)CC(=O)C2(O)c2c1c(O)c1c(O)c(CO)c(O)cc1c2CO. The van der Waals surface area contributed by atoms with Crippen molar-refractivity contribution >= 4 is 22.3 Å². The summed E-state index contributed by atoms with van der Waals surface area (Å²) in [6.45, 7) is -1.02. The summed E-state index contributed by atoms with van der Waals surface area (Å²) in [5.41, 5.74) is -4.73. The third kappa shape index (κ3) is 2.52. The van der Waals surface area contributed by atoms with Gasteiger partial charge in [-0.05, 0) is 23.4 Å². The minimum atomic E-state index is -2.25. The second-order valence-electron chi connectivity index (χ2n) is 9.00. The Morgan fingerprint density at radius 2 is 1.69 bits per heavy atom. The lowest BCUT2D eigenvalue weighted by molar-refractivity contribution is -0.167. The number of hydrogen-bond donors (Lipinski definition) is 8. The van der Waals surface area contributed by atoms with Crippen LogP contribution in [-0.4, -0.2) is 65.5 Å². The number of benzene rings is 2. The number of fused-ring (bicyclic) bond motifs is 4. The van der Waals surface area contributed by atoms with Crippen LogP contribution in [0.25, 0.3) is 10.8 Å². The first-order valence-electron chi connectivity index (χ1n) is 10.3. The summed E-state index contributed by atoms with van der Waals surface area (Å²) in [6.07, 6.45) is -0.753. The van der Waals surface area contributed by atoms with E-state index in [4.69, 9.17) is 0 Å². The fourth-order valence-corrected chi connectivity index (χ4v) is 5.60. The summed E-state index contributed by atoms with van der Waals surface area (Å²) >= 11 is 0. The third-order valence-corrected chi connectivity index (χ3v) is 7.28. The predicted molar refractivity (Wildman–Crippen MR) is 108 cm³/mol. The minimum absolute atomic E-state index is 0.0400. The van der Waals surface area contributed by atoms with Gasteiger partial charge in [0.05, 0.1) is 35.3 Å². The monoisotopic (exact) mass is 445 g/mol.